The van der Waals surface area contributed by atoms with Crippen LogP contribution in [0.5, 0.6) is 0 Å². The number of anilines is 1. The number of benzene rings is 2. The molecule has 0 aliphatic heterocycles. The third kappa shape index (κ3) is 4.32. The Morgan fingerprint density at radius 2 is 1.57 bits per heavy atom. The second-order valence-corrected chi connectivity index (χ2v) is 4.94. The molecule has 2 aromatic rings. The van der Waals surface area contributed by atoms with E-state index in [1.165, 1.54) is 0 Å². The average Bonchev–Trinajstić information content (AvgIpc) is 2.56. The van der Waals surface area contributed by atoms with Crippen LogP contribution in [-0.4, -0.2) is 12.5 Å². The summed E-state index contributed by atoms with van der Waals surface area (Å²) >= 11 is 0. The maximum Gasteiger partial charge on any atom is 0.258 e. The minimum atomic E-state index is 0.0559. The van der Waals surface area contributed by atoms with Gasteiger partial charge in [0.15, 0.2) is 0 Å². The van der Waals surface area contributed by atoms with Crippen LogP contribution in [0.4, 0.5) is 5.69 Å². The van der Waals surface area contributed by atoms with Gasteiger partial charge in [-0.05, 0) is 43.5 Å². The molecule has 0 aromatic heterocycles. The molecule has 0 fully saturated rings. The Bertz CT molecular complexity index is 563. The number of unbranched alkanes of at least 4 members (excludes halogenated alkanes) is 2. The highest BCUT2D eigenvalue weighted by Crippen LogP contribution is 2.18. The molecule has 0 aliphatic rings. The summed E-state index contributed by atoms with van der Waals surface area (Å²) in [5, 5.41) is 0. The van der Waals surface area contributed by atoms with Crippen LogP contribution in [0.15, 0.2) is 73.3 Å². The lowest BCUT2D eigenvalue weighted by molar-refractivity contribution is 0.0986. The largest absolute Gasteiger partial charge is 0.308 e. The van der Waals surface area contributed by atoms with Crippen molar-refractivity contribution in [1.82, 2.24) is 0 Å². The molecular formula is C19H21NO. The Hall–Kier alpha value is -2.35. The predicted octanol–water partition coefficient (Wildman–Crippen LogP) is 4.69. The number of carbonyl (C=O) groups is 1. The normalized spacial score (nSPS) is 10.1. The molecule has 0 N–H and O–H groups in total. The van der Waals surface area contributed by atoms with Gasteiger partial charge in [-0.3, -0.25) is 4.79 Å². The van der Waals surface area contributed by atoms with Crippen molar-refractivity contribution in [2.75, 3.05) is 11.4 Å². The second-order valence-electron chi connectivity index (χ2n) is 4.94. The molecule has 0 heterocycles. The first-order valence-electron chi connectivity index (χ1n) is 7.36. The fourth-order valence-corrected chi connectivity index (χ4v) is 2.25. The number of nitrogens with zero attached hydrogens (tertiary/aromatic N) is 1. The fourth-order valence-electron chi connectivity index (χ4n) is 2.25. The number of hydrogen-bond acceptors (Lipinski definition) is 1. The van der Waals surface area contributed by atoms with E-state index in [0.29, 0.717) is 0 Å². The summed E-state index contributed by atoms with van der Waals surface area (Å²) in [6.07, 6.45) is 4.93. The molecule has 2 rings (SSSR count). The molecule has 2 heteroatoms. The van der Waals surface area contributed by atoms with Crippen LogP contribution in [0.2, 0.25) is 0 Å². The number of para-hydroxylation sites is 1. The number of allylic oxidation sites excluding steroid dienone is 1. The standard InChI is InChI=1S/C19H21NO/c1-2-3-4-11-16-20(18-14-9-6-10-15-18)19(21)17-12-7-5-8-13-17/h2,5-10,12-15H,1,3-4,11,16H2. The van der Waals surface area contributed by atoms with Crippen LogP contribution in [0.3, 0.4) is 0 Å². The van der Waals surface area contributed by atoms with Crippen LogP contribution in [-0.2, 0) is 0 Å². The van der Waals surface area contributed by atoms with Crippen molar-refractivity contribution < 1.29 is 4.79 Å². The van der Waals surface area contributed by atoms with Crippen molar-refractivity contribution in [2.45, 2.75) is 19.3 Å². The minimum absolute atomic E-state index is 0.0559. The van der Waals surface area contributed by atoms with E-state index in [-0.39, 0.29) is 5.91 Å². The van der Waals surface area contributed by atoms with Gasteiger partial charge in [-0.1, -0.05) is 42.5 Å². The van der Waals surface area contributed by atoms with E-state index in [0.717, 1.165) is 37.1 Å². The molecule has 0 aliphatic carbocycles. The summed E-state index contributed by atoms with van der Waals surface area (Å²) < 4.78 is 0. The lowest BCUT2D eigenvalue weighted by Crippen LogP contribution is -2.31. The van der Waals surface area contributed by atoms with E-state index in [9.17, 15) is 4.79 Å². The molecule has 21 heavy (non-hydrogen) atoms. The van der Waals surface area contributed by atoms with Gasteiger partial charge in [-0.2, -0.15) is 0 Å². The molecule has 2 aromatic carbocycles. The Morgan fingerprint density at radius 3 is 2.19 bits per heavy atom. The summed E-state index contributed by atoms with van der Waals surface area (Å²) in [7, 11) is 0. The molecule has 0 spiro atoms. The zero-order valence-electron chi connectivity index (χ0n) is 12.2. The summed E-state index contributed by atoms with van der Waals surface area (Å²) in [6.45, 7) is 4.47. The van der Waals surface area contributed by atoms with Gasteiger partial charge >= 0.3 is 0 Å². The van der Waals surface area contributed by atoms with Crippen molar-refractivity contribution in [3.05, 3.63) is 78.9 Å². The predicted molar refractivity (Wildman–Crippen MR) is 88.6 cm³/mol. The first-order chi connectivity index (χ1) is 10.3. The van der Waals surface area contributed by atoms with Crippen LogP contribution in [0.1, 0.15) is 29.6 Å². The van der Waals surface area contributed by atoms with Crippen molar-refractivity contribution in [2.24, 2.45) is 0 Å². The minimum Gasteiger partial charge on any atom is -0.308 e. The van der Waals surface area contributed by atoms with Gasteiger partial charge in [0.05, 0.1) is 0 Å². The molecule has 0 bridgehead atoms. The maximum absolute atomic E-state index is 12.7. The van der Waals surface area contributed by atoms with Crippen LogP contribution in [0, 0.1) is 0 Å². The zero-order chi connectivity index (χ0) is 14.9. The molecule has 1 amide bonds. The van der Waals surface area contributed by atoms with E-state index in [1.54, 1.807) is 0 Å². The Labute approximate surface area is 126 Å². The first kappa shape index (κ1) is 15.0. The lowest BCUT2D eigenvalue weighted by atomic mass is 10.1. The summed E-state index contributed by atoms with van der Waals surface area (Å²) in [5.74, 6) is 0.0559. The quantitative estimate of drug-likeness (QED) is 0.532. The van der Waals surface area contributed by atoms with Gasteiger partial charge in [0.25, 0.3) is 5.91 Å². The van der Waals surface area contributed by atoms with Gasteiger partial charge < -0.3 is 4.90 Å². The van der Waals surface area contributed by atoms with E-state index in [1.807, 2.05) is 71.6 Å². The van der Waals surface area contributed by atoms with Crippen molar-refractivity contribution in [3.8, 4) is 0 Å². The monoisotopic (exact) mass is 279 g/mol. The topological polar surface area (TPSA) is 20.3 Å². The lowest BCUT2D eigenvalue weighted by Gasteiger charge is -2.23. The van der Waals surface area contributed by atoms with Gasteiger partial charge in [0, 0.05) is 17.8 Å². The maximum atomic E-state index is 12.7. The van der Waals surface area contributed by atoms with Crippen molar-refractivity contribution in [3.63, 3.8) is 0 Å². The first-order valence-corrected chi connectivity index (χ1v) is 7.36. The Kier molecular flexibility index (Phi) is 5.77. The van der Waals surface area contributed by atoms with E-state index in [2.05, 4.69) is 6.58 Å². The molecule has 108 valence electrons. The van der Waals surface area contributed by atoms with E-state index >= 15 is 0 Å². The van der Waals surface area contributed by atoms with Gasteiger partial charge in [0.2, 0.25) is 0 Å². The third-order valence-electron chi connectivity index (χ3n) is 3.37. The smallest absolute Gasteiger partial charge is 0.258 e. The van der Waals surface area contributed by atoms with Gasteiger partial charge in [0.1, 0.15) is 0 Å². The summed E-state index contributed by atoms with van der Waals surface area (Å²) in [6, 6.07) is 19.3. The number of hydrogen-bond donors (Lipinski definition) is 0. The van der Waals surface area contributed by atoms with Gasteiger partial charge in [-0.15, -0.1) is 6.58 Å². The molecular weight excluding hydrogens is 258 g/mol. The molecule has 0 saturated carbocycles. The van der Waals surface area contributed by atoms with Crippen molar-refractivity contribution in [1.29, 1.82) is 0 Å². The molecule has 2 nitrogen and oxygen atoms in total. The van der Waals surface area contributed by atoms with Crippen molar-refractivity contribution >= 4 is 11.6 Å². The number of rotatable bonds is 7. The average molecular weight is 279 g/mol. The summed E-state index contributed by atoms with van der Waals surface area (Å²) in [4.78, 5) is 14.6. The summed E-state index contributed by atoms with van der Waals surface area (Å²) in [5.41, 5.74) is 1.68. The second kappa shape index (κ2) is 8.05. The third-order valence-corrected chi connectivity index (χ3v) is 3.37. The fraction of sp³-hybridized carbons (Fsp3) is 0.211. The molecule has 0 radical (unpaired) electrons. The van der Waals surface area contributed by atoms with Crippen LogP contribution in [0.25, 0.3) is 0 Å². The molecule has 0 unspecified atom stereocenters. The molecule has 0 atom stereocenters. The van der Waals surface area contributed by atoms with E-state index in [4.69, 9.17) is 0 Å². The molecule has 0 saturated heterocycles. The van der Waals surface area contributed by atoms with Crippen LogP contribution >= 0.6 is 0 Å². The highest BCUT2D eigenvalue weighted by molar-refractivity contribution is 6.06. The number of amides is 1. The zero-order valence-corrected chi connectivity index (χ0v) is 12.2. The Balaban J connectivity index is 2.15. The SMILES string of the molecule is C=CCCCCN(C(=O)c1ccccc1)c1ccccc1. The Morgan fingerprint density at radius 1 is 0.952 bits per heavy atom. The number of carbonyl (C=O) groups excluding carboxylic acids is 1. The highest BCUT2D eigenvalue weighted by atomic mass is 16.2. The van der Waals surface area contributed by atoms with Crippen LogP contribution < -0.4 is 4.90 Å². The van der Waals surface area contributed by atoms with E-state index < -0.39 is 0 Å². The van der Waals surface area contributed by atoms with Gasteiger partial charge in [-0.25, -0.2) is 0 Å². The highest BCUT2D eigenvalue weighted by Gasteiger charge is 2.16.